The van der Waals surface area contributed by atoms with Crippen LogP contribution in [0.2, 0.25) is 0 Å². The number of aliphatic hydroxyl groups excluding tert-OH is 1. The summed E-state index contributed by atoms with van der Waals surface area (Å²) in [5.74, 6) is 1.36. The molecule has 15 heavy (non-hydrogen) atoms. The van der Waals surface area contributed by atoms with Crippen LogP contribution in [-0.4, -0.2) is 35.7 Å². The smallest absolute Gasteiger partial charge is 0.0746 e. The van der Waals surface area contributed by atoms with Crippen molar-refractivity contribution in [2.45, 2.75) is 58.1 Å². The highest BCUT2D eigenvalue weighted by Crippen LogP contribution is 2.34. The summed E-state index contributed by atoms with van der Waals surface area (Å²) in [7, 11) is 4.10. The molecule has 0 heterocycles. The van der Waals surface area contributed by atoms with E-state index in [4.69, 9.17) is 0 Å². The van der Waals surface area contributed by atoms with Gasteiger partial charge in [-0.3, -0.25) is 0 Å². The molecule has 90 valence electrons. The Labute approximate surface area is 94.7 Å². The van der Waals surface area contributed by atoms with Gasteiger partial charge in [-0.05, 0) is 52.6 Å². The second-order valence-electron chi connectivity index (χ2n) is 6.01. The van der Waals surface area contributed by atoms with E-state index in [0.717, 1.165) is 5.92 Å². The van der Waals surface area contributed by atoms with E-state index in [1.807, 2.05) is 0 Å². The van der Waals surface area contributed by atoms with Gasteiger partial charge in [-0.2, -0.15) is 0 Å². The minimum Gasteiger partial charge on any atom is -0.391 e. The van der Waals surface area contributed by atoms with E-state index >= 15 is 0 Å². The summed E-state index contributed by atoms with van der Waals surface area (Å²) in [5, 5.41) is 10.4. The molecule has 1 N–H and O–H groups in total. The highest BCUT2D eigenvalue weighted by molar-refractivity contribution is 4.91. The molecule has 0 bridgehead atoms. The van der Waals surface area contributed by atoms with Gasteiger partial charge in [0.15, 0.2) is 0 Å². The Balaban J connectivity index is 2.56. The molecular weight excluding hydrogens is 186 g/mol. The number of hydrogen-bond acceptors (Lipinski definition) is 2. The molecule has 0 saturated heterocycles. The molecule has 0 aromatic rings. The van der Waals surface area contributed by atoms with Crippen molar-refractivity contribution >= 4 is 0 Å². The molecular formula is C13H27NO. The van der Waals surface area contributed by atoms with E-state index in [2.05, 4.69) is 39.8 Å². The normalized spacial score (nSPS) is 30.6. The summed E-state index contributed by atoms with van der Waals surface area (Å²) in [6.07, 6.45) is 4.76. The minimum atomic E-state index is -0.194. The van der Waals surface area contributed by atoms with Crippen LogP contribution in [0, 0.1) is 11.8 Å². The van der Waals surface area contributed by atoms with Gasteiger partial charge in [-0.25, -0.2) is 0 Å². The Kier molecular flexibility index (Phi) is 4.19. The van der Waals surface area contributed by atoms with E-state index in [-0.39, 0.29) is 11.6 Å². The van der Waals surface area contributed by atoms with Gasteiger partial charge < -0.3 is 10.0 Å². The molecule has 1 rings (SSSR count). The van der Waals surface area contributed by atoms with Crippen molar-refractivity contribution in [1.82, 2.24) is 4.90 Å². The number of nitrogens with zero attached hydrogens (tertiary/aromatic N) is 1. The Morgan fingerprint density at radius 3 is 2.00 bits per heavy atom. The van der Waals surface area contributed by atoms with Gasteiger partial charge in [0.05, 0.1) is 6.10 Å². The first-order chi connectivity index (χ1) is 6.85. The van der Waals surface area contributed by atoms with Gasteiger partial charge >= 0.3 is 0 Å². The van der Waals surface area contributed by atoms with Crippen molar-refractivity contribution in [2.24, 2.45) is 11.8 Å². The van der Waals surface area contributed by atoms with Gasteiger partial charge in [-0.1, -0.05) is 19.8 Å². The van der Waals surface area contributed by atoms with Crippen molar-refractivity contribution in [3.8, 4) is 0 Å². The molecule has 0 aliphatic heterocycles. The zero-order valence-electron chi connectivity index (χ0n) is 11.0. The number of rotatable bonds is 3. The van der Waals surface area contributed by atoms with Crippen LogP contribution >= 0.6 is 0 Å². The molecule has 1 aliphatic carbocycles. The van der Waals surface area contributed by atoms with Crippen LogP contribution in [0.1, 0.15) is 46.5 Å². The van der Waals surface area contributed by atoms with Crippen LogP contribution < -0.4 is 0 Å². The van der Waals surface area contributed by atoms with E-state index in [1.165, 1.54) is 25.7 Å². The fourth-order valence-electron chi connectivity index (χ4n) is 2.44. The Morgan fingerprint density at radius 2 is 1.60 bits per heavy atom. The molecule has 0 radical (unpaired) electrons. The van der Waals surface area contributed by atoms with Crippen molar-refractivity contribution in [3.63, 3.8) is 0 Å². The lowest BCUT2D eigenvalue weighted by atomic mass is 9.75. The van der Waals surface area contributed by atoms with Crippen molar-refractivity contribution in [3.05, 3.63) is 0 Å². The first-order valence-corrected chi connectivity index (χ1v) is 6.21. The van der Waals surface area contributed by atoms with Crippen LogP contribution in [0.25, 0.3) is 0 Å². The topological polar surface area (TPSA) is 23.5 Å². The number of hydrogen-bond donors (Lipinski definition) is 1. The highest BCUT2D eigenvalue weighted by Gasteiger charge is 2.36. The maximum Gasteiger partial charge on any atom is 0.0746 e. The Hall–Kier alpha value is -0.0800. The molecule has 1 saturated carbocycles. The lowest BCUT2D eigenvalue weighted by Gasteiger charge is -2.42. The second kappa shape index (κ2) is 4.84. The average Bonchev–Trinajstić information content (AvgIpc) is 2.17. The Morgan fingerprint density at radius 1 is 1.13 bits per heavy atom. The van der Waals surface area contributed by atoms with Gasteiger partial charge in [-0.15, -0.1) is 0 Å². The minimum absolute atomic E-state index is 0.106. The van der Waals surface area contributed by atoms with Gasteiger partial charge in [0.1, 0.15) is 0 Å². The fraction of sp³-hybridized carbons (Fsp3) is 1.00. The van der Waals surface area contributed by atoms with Gasteiger partial charge in [0.2, 0.25) is 0 Å². The molecule has 1 aliphatic rings. The molecule has 1 atom stereocenters. The third-order valence-corrected chi connectivity index (χ3v) is 4.38. The lowest BCUT2D eigenvalue weighted by Crippen LogP contribution is -2.52. The third-order valence-electron chi connectivity index (χ3n) is 4.38. The monoisotopic (exact) mass is 213 g/mol. The van der Waals surface area contributed by atoms with Crippen LogP contribution in [0.5, 0.6) is 0 Å². The summed E-state index contributed by atoms with van der Waals surface area (Å²) in [5.41, 5.74) is -0.106. The molecule has 2 heteroatoms. The van der Waals surface area contributed by atoms with E-state index in [9.17, 15) is 5.11 Å². The lowest BCUT2D eigenvalue weighted by molar-refractivity contribution is -0.0343. The molecule has 0 aromatic heterocycles. The van der Waals surface area contributed by atoms with E-state index < -0.39 is 0 Å². The molecule has 0 amide bonds. The first-order valence-electron chi connectivity index (χ1n) is 6.21. The second-order valence-corrected chi connectivity index (χ2v) is 6.01. The zero-order valence-corrected chi connectivity index (χ0v) is 11.0. The average molecular weight is 213 g/mol. The van der Waals surface area contributed by atoms with Crippen LogP contribution in [0.3, 0.4) is 0 Å². The molecule has 0 aromatic carbocycles. The molecule has 2 nitrogen and oxygen atoms in total. The predicted octanol–water partition coefficient (Wildman–Crippen LogP) is 2.51. The van der Waals surface area contributed by atoms with Gasteiger partial charge in [0, 0.05) is 5.54 Å². The third kappa shape index (κ3) is 2.94. The van der Waals surface area contributed by atoms with Crippen molar-refractivity contribution in [2.75, 3.05) is 14.1 Å². The van der Waals surface area contributed by atoms with E-state index in [1.54, 1.807) is 0 Å². The van der Waals surface area contributed by atoms with Crippen molar-refractivity contribution < 1.29 is 5.11 Å². The maximum atomic E-state index is 10.4. The molecule has 0 spiro atoms. The summed E-state index contributed by atoms with van der Waals surface area (Å²) < 4.78 is 0. The van der Waals surface area contributed by atoms with Crippen LogP contribution in [-0.2, 0) is 0 Å². The number of aliphatic hydroxyl groups is 1. The van der Waals surface area contributed by atoms with Crippen LogP contribution in [0.4, 0.5) is 0 Å². The maximum absolute atomic E-state index is 10.4. The molecule has 1 unspecified atom stereocenters. The summed E-state index contributed by atoms with van der Waals surface area (Å²) in [4.78, 5) is 2.13. The van der Waals surface area contributed by atoms with Crippen LogP contribution in [0.15, 0.2) is 0 Å². The largest absolute Gasteiger partial charge is 0.391 e. The predicted molar refractivity (Wildman–Crippen MR) is 64.9 cm³/mol. The van der Waals surface area contributed by atoms with E-state index in [0.29, 0.717) is 5.92 Å². The SMILES string of the molecule is CC1CCC(C(O)C(C)(C)N(C)C)CC1. The standard InChI is InChI=1S/C13H27NO/c1-10-6-8-11(9-7-10)12(15)13(2,3)14(4)5/h10-12,15H,6-9H2,1-5H3. The first kappa shape index (κ1) is 13.0. The summed E-state index contributed by atoms with van der Waals surface area (Å²) >= 11 is 0. The van der Waals surface area contributed by atoms with Crippen molar-refractivity contribution in [1.29, 1.82) is 0 Å². The quantitative estimate of drug-likeness (QED) is 0.778. The highest BCUT2D eigenvalue weighted by atomic mass is 16.3. The summed E-state index contributed by atoms with van der Waals surface area (Å²) in [6.45, 7) is 6.59. The fourth-order valence-corrected chi connectivity index (χ4v) is 2.44. The Bertz CT molecular complexity index is 193. The number of likely N-dealkylation sites (N-methyl/N-ethyl adjacent to an activating group) is 1. The summed E-state index contributed by atoms with van der Waals surface area (Å²) in [6, 6.07) is 0. The zero-order chi connectivity index (χ0) is 11.6. The molecule has 1 fully saturated rings. The van der Waals surface area contributed by atoms with Gasteiger partial charge in [0.25, 0.3) is 0 Å².